The van der Waals surface area contributed by atoms with Gasteiger partial charge in [0.05, 0.1) is 21.8 Å². The Hall–Kier alpha value is -0.740. The Kier molecular flexibility index (Phi) is 4.51. The second-order valence-electron chi connectivity index (χ2n) is 3.77. The number of benzene rings is 1. The predicted octanol–water partition coefficient (Wildman–Crippen LogP) is 4.59. The highest BCUT2D eigenvalue weighted by Crippen LogP contribution is 2.32. The van der Waals surface area contributed by atoms with Gasteiger partial charge in [-0.2, -0.15) is 0 Å². The lowest BCUT2D eigenvalue weighted by atomic mass is 10.2. The first-order valence-corrected chi connectivity index (χ1v) is 6.90. The van der Waals surface area contributed by atoms with Gasteiger partial charge in [-0.3, -0.25) is 4.98 Å². The summed E-state index contributed by atoms with van der Waals surface area (Å²) in [6.07, 6.45) is 1.18. The zero-order chi connectivity index (χ0) is 13.1. The number of halogens is 2. The molecule has 0 aliphatic rings. The van der Waals surface area contributed by atoms with Crippen LogP contribution in [0.1, 0.15) is 18.7 Å². The minimum Gasteiger partial charge on any atom is -0.387 e. The quantitative estimate of drug-likeness (QED) is 0.899. The van der Waals surface area contributed by atoms with Crippen molar-refractivity contribution in [2.45, 2.75) is 22.8 Å². The Bertz CT molecular complexity index is 543. The van der Waals surface area contributed by atoms with Crippen molar-refractivity contribution < 1.29 is 5.11 Å². The molecule has 18 heavy (non-hydrogen) atoms. The fraction of sp³-hybridized carbons (Fsp3) is 0.154. The van der Waals surface area contributed by atoms with Crippen LogP contribution in [0.4, 0.5) is 0 Å². The molecule has 1 aromatic carbocycles. The third-order valence-electron chi connectivity index (χ3n) is 2.31. The SMILES string of the molecule is C[C@H](O)c1ccc(Sc2ccc(Cl)c(Cl)c2)cn1. The molecule has 94 valence electrons. The van der Waals surface area contributed by atoms with Crippen LogP contribution in [0.25, 0.3) is 0 Å². The van der Waals surface area contributed by atoms with Crippen molar-refractivity contribution in [3.05, 3.63) is 52.3 Å². The summed E-state index contributed by atoms with van der Waals surface area (Å²) in [4.78, 5) is 6.16. The summed E-state index contributed by atoms with van der Waals surface area (Å²) in [6.45, 7) is 1.69. The van der Waals surface area contributed by atoms with E-state index in [0.717, 1.165) is 9.79 Å². The molecule has 0 saturated carbocycles. The maximum absolute atomic E-state index is 9.37. The highest BCUT2D eigenvalue weighted by molar-refractivity contribution is 7.99. The Balaban J connectivity index is 2.15. The molecular formula is C13H11Cl2NOS. The lowest BCUT2D eigenvalue weighted by molar-refractivity contribution is 0.194. The number of pyridine rings is 1. The van der Waals surface area contributed by atoms with Crippen LogP contribution in [-0.2, 0) is 0 Å². The molecule has 0 unspecified atom stereocenters. The van der Waals surface area contributed by atoms with Crippen LogP contribution in [-0.4, -0.2) is 10.1 Å². The molecular weight excluding hydrogens is 289 g/mol. The van der Waals surface area contributed by atoms with Crippen LogP contribution in [0.5, 0.6) is 0 Å². The van der Waals surface area contributed by atoms with E-state index in [-0.39, 0.29) is 0 Å². The molecule has 5 heteroatoms. The van der Waals surface area contributed by atoms with Gasteiger partial charge in [0.1, 0.15) is 0 Å². The predicted molar refractivity (Wildman–Crippen MR) is 75.5 cm³/mol. The fourth-order valence-corrected chi connectivity index (χ4v) is 2.56. The first-order valence-electron chi connectivity index (χ1n) is 5.33. The molecule has 0 radical (unpaired) electrons. The molecule has 2 nitrogen and oxygen atoms in total. The number of rotatable bonds is 3. The third kappa shape index (κ3) is 3.39. The topological polar surface area (TPSA) is 33.1 Å². The molecule has 0 amide bonds. The summed E-state index contributed by atoms with van der Waals surface area (Å²) in [7, 11) is 0. The van der Waals surface area contributed by atoms with Crippen molar-refractivity contribution in [3.63, 3.8) is 0 Å². The number of nitrogens with zero attached hydrogens (tertiary/aromatic N) is 1. The standard InChI is InChI=1S/C13H11Cl2NOS/c1-8(17)13-5-3-10(7-16-13)18-9-2-4-11(14)12(15)6-9/h2-8,17H,1H3/t8-/m0/s1. The largest absolute Gasteiger partial charge is 0.387 e. The zero-order valence-corrected chi connectivity index (χ0v) is 11.9. The molecule has 0 aliphatic heterocycles. The molecule has 0 spiro atoms. The molecule has 0 bridgehead atoms. The molecule has 1 heterocycles. The van der Waals surface area contributed by atoms with Crippen LogP contribution < -0.4 is 0 Å². The van der Waals surface area contributed by atoms with Gasteiger partial charge in [0.25, 0.3) is 0 Å². The van der Waals surface area contributed by atoms with Gasteiger partial charge in [0.2, 0.25) is 0 Å². The summed E-state index contributed by atoms with van der Waals surface area (Å²) in [5.74, 6) is 0. The normalized spacial score (nSPS) is 12.4. The van der Waals surface area contributed by atoms with E-state index in [9.17, 15) is 5.11 Å². The van der Waals surface area contributed by atoms with E-state index in [1.54, 1.807) is 30.9 Å². The summed E-state index contributed by atoms with van der Waals surface area (Å²) in [5, 5.41) is 10.5. The monoisotopic (exact) mass is 299 g/mol. The average Bonchev–Trinajstić information content (AvgIpc) is 2.34. The van der Waals surface area contributed by atoms with Gasteiger partial charge in [-0.25, -0.2) is 0 Å². The first-order chi connectivity index (χ1) is 8.56. The fourth-order valence-electron chi connectivity index (χ4n) is 1.38. The number of hydrogen-bond donors (Lipinski definition) is 1. The van der Waals surface area contributed by atoms with E-state index in [0.29, 0.717) is 15.7 Å². The molecule has 0 aliphatic carbocycles. The van der Waals surface area contributed by atoms with Gasteiger partial charge >= 0.3 is 0 Å². The second kappa shape index (κ2) is 5.93. The van der Waals surface area contributed by atoms with Crippen molar-refractivity contribution in [1.82, 2.24) is 4.98 Å². The molecule has 0 saturated heterocycles. The van der Waals surface area contributed by atoms with Gasteiger partial charge in [-0.15, -0.1) is 0 Å². The Morgan fingerprint density at radius 2 is 1.83 bits per heavy atom. The lowest BCUT2D eigenvalue weighted by Gasteiger charge is -2.06. The highest BCUT2D eigenvalue weighted by atomic mass is 35.5. The average molecular weight is 300 g/mol. The Morgan fingerprint density at radius 1 is 1.11 bits per heavy atom. The minimum atomic E-state index is -0.547. The van der Waals surface area contributed by atoms with E-state index in [1.165, 1.54) is 0 Å². The summed E-state index contributed by atoms with van der Waals surface area (Å²) in [5.41, 5.74) is 0.661. The molecule has 1 N–H and O–H groups in total. The van der Waals surface area contributed by atoms with Crippen LogP contribution >= 0.6 is 35.0 Å². The third-order valence-corrected chi connectivity index (χ3v) is 4.02. The molecule has 2 aromatic rings. The maximum Gasteiger partial charge on any atom is 0.0931 e. The van der Waals surface area contributed by atoms with E-state index >= 15 is 0 Å². The Morgan fingerprint density at radius 3 is 2.39 bits per heavy atom. The van der Waals surface area contributed by atoms with Crippen molar-refractivity contribution in [3.8, 4) is 0 Å². The summed E-state index contributed by atoms with van der Waals surface area (Å²) in [6, 6.07) is 9.22. The van der Waals surface area contributed by atoms with Gasteiger partial charge in [0, 0.05) is 16.0 Å². The van der Waals surface area contributed by atoms with Gasteiger partial charge in [-0.05, 0) is 37.3 Å². The van der Waals surface area contributed by atoms with E-state index in [2.05, 4.69) is 4.98 Å². The molecule has 0 fully saturated rings. The van der Waals surface area contributed by atoms with Crippen molar-refractivity contribution in [2.24, 2.45) is 0 Å². The zero-order valence-electron chi connectivity index (χ0n) is 9.60. The number of aliphatic hydroxyl groups is 1. The van der Waals surface area contributed by atoms with Gasteiger partial charge in [-0.1, -0.05) is 35.0 Å². The second-order valence-corrected chi connectivity index (χ2v) is 5.73. The number of aliphatic hydroxyl groups excluding tert-OH is 1. The van der Waals surface area contributed by atoms with Crippen molar-refractivity contribution in [2.75, 3.05) is 0 Å². The number of aromatic nitrogens is 1. The van der Waals surface area contributed by atoms with Crippen molar-refractivity contribution >= 4 is 35.0 Å². The van der Waals surface area contributed by atoms with Gasteiger partial charge < -0.3 is 5.11 Å². The minimum absolute atomic E-state index is 0.537. The van der Waals surface area contributed by atoms with Crippen LogP contribution in [0, 0.1) is 0 Å². The molecule has 1 aromatic heterocycles. The highest BCUT2D eigenvalue weighted by Gasteiger charge is 2.04. The van der Waals surface area contributed by atoms with Crippen molar-refractivity contribution in [1.29, 1.82) is 0 Å². The summed E-state index contributed by atoms with van der Waals surface area (Å²) >= 11 is 13.4. The van der Waals surface area contributed by atoms with Gasteiger partial charge in [0.15, 0.2) is 0 Å². The van der Waals surface area contributed by atoms with Crippen LogP contribution in [0.15, 0.2) is 46.3 Å². The van der Waals surface area contributed by atoms with E-state index in [1.807, 2.05) is 24.3 Å². The maximum atomic E-state index is 9.37. The van der Waals surface area contributed by atoms with E-state index < -0.39 is 6.10 Å². The lowest BCUT2D eigenvalue weighted by Crippen LogP contribution is -1.94. The number of hydrogen-bond acceptors (Lipinski definition) is 3. The van der Waals surface area contributed by atoms with Crippen LogP contribution in [0.3, 0.4) is 0 Å². The first kappa shape index (κ1) is 13.7. The Labute approximate surface area is 120 Å². The van der Waals surface area contributed by atoms with Crippen LogP contribution in [0.2, 0.25) is 10.0 Å². The van der Waals surface area contributed by atoms with E-state index in [4.69, 9.17) is 23.2 Å². The molecule has 1 atom stereocenters. The molecule has 2 rings (SSSR count). The summed E-state index contributed by atoms with van der Waals surface area (Å²) < 4.78 is 0. The smallest absolute Gasteiger partial charge is 0.0931 e.